The van der Waals surface area contributed by atoms with E-state index in [1.54, 1.807) is 21.3 Å². The number of carbonyl (C=O) groups is 1. The Kier molecular flexibility index (Phi) is 5.24. The van der Waals surface area contributed by atoms with Crippen molar-refractivity contribution in [3.8, 4) is 0 Å². The third-order valence-corrected chi connectivity index (χ3v) is 7.85. The van der Waals surface area contributed by atoms with Crippen LogP contribution in [0.5, 0.6) is 0 Å². The number of carbonyl (C=O) groups excluding carboxylic acids is 1. The summed E-state index contributed by atoms with van der Waals surface area (Å²) in [5.41, 5.74) is 1.81. The van der Waals surface area contributed by atoms with Gasteiger partial charge < -0.3 is 10.2 Å². The van der Waals surface area contributed by atoms with Crippen LogP contribution in [0.25, 0.3) is 0 Å². The molecule has 0 aromatic heterocycles. The van der Waals surface area contributed by atoms with Crippen molar-refractivity contribution in [3.63, 3.8) is 0 Å². The largest absolute Gasteiger partial charge is 0.314 e. The molecule has 3 aliphatic heterocycles. The number of fused-ring (bicyclic) bond motifs is 1. The molecule has 1 unspecified atom stereocenters. The molecule has 0 aliphatic carbocycles. The van der Waals surface area contributed by atoms with Crippen molar-refractivity contribution >= 4 is 21.6 Å². The summed E-state index contributed by atoms with van der Waals surface area (Å²) in [4.78, 5) is 16.4. The van der Waals surface area contributed by atoms with Crippen LogP contribution in [0.1, 0.15) is 25.3 Å². The number of piperazine rings is 1. The van der Waals surface area contributed by atoms with Crippen LogP contribution in [0, 0.1) is 0 Å². The first kappa shape index (κ1) is 18.9. The van der Waals surface area contributed by atoms with Crippen molar-refractivity contribution < 1.29 is 13.2 Å². The fourth-order valence-electron chi connectivity index (χ4n) is 4.47. The van der Waals surface area contributed by atoms with Crippen molar-refractivity contribution in [1.29, 1.82) is 0 Å². The Bertz CT molecular complexity index is 820. The maximum absolute atomic E-state index is 13.2. The number of nitrogens with zero attached hydrogens (tertiary/aromatic N) is 3. The maximum atomic E-state index is 13.2. The van der Waals surface area contributed by atoms with E-state index in [1.807, 2.05) is 6.07 Å². The summed E-state index contributed by atoms with van der Waals surface area (Å²) in [5.74, 6) is -0.0366. The molecule has 3 aliphatic rings. The van der Waals surface area contributed by atoms with Crippen molar-refractivity contribution in [2.24, 2.45) is 0 Å². The Balaban J connectivity index is 1.56. The van der Waals surface area contributed by atoms with Gasteiger partial charge in [-0.1, -0.05) is 6.07 Å². The van der Waals surface area contributed by atoms with E-state index in [4.69, 9.17) is 0 Å². The zero-order chi connectivity index (χ0) is 19.0. The minimum absolute atomic E-state index is 0.0366. The number of rotatable bonds is 3. The lowest BCUT2D eigenvalue weighted by Crippen LogP contribution is -2.49. The van der Waals surface area contributed by atoms with Crippen LogP contribution >= 0.6 is 0 Å². The molecule has 4 rings (SSSR count). The maximum Gasteiger partial charge on any atom is 0.243 e. The zero-order valence-corrected chi connectivity index (χ0v) is 16.7. The second-order valence-corrected chi connectivity index (χ2v) is 9.59. The second kappa shape index (κ2) is 7.50. The van der Waals surface area contributed by atoms with Crippen LogP contribution in [-0.4, -0.2) is 75.4 Å². The first-order chi connectivity index (χ1) is 13.0. The number of amides is 1. The predicted molar refractivity (Wildman–Crippen MR) is 104 cm³/mol. The van der Waals surface area contributed by atoms with Crippen molar-refractivity contribution in [1.82, 2.24) is 14.5 Å². The molecular weight excluding hydrogens is 364 g/mol. The van der Waals surface area contributed by atoms with Gasteiger partial charge in [0.05, 0.1) is 4.90 Å². The van der Waals surface area contributed by atoms with E-state index < -0.39 is 10.0 Å². The minimum atomic E-state index is -3.54. The Hall–Kier alpha value is -1.48. The number of nitrogens with one attached hydrogen (secondary N) is 1. The molecule has 27 heavy (non-hydrogen) atoms. The number of sulfonamides is 1. The first-order valence-corrected chi connectivity index (χ1v) is 11.3. The summed E-state index contributed by atoms with van der Waals surface area (Å²) in [7, 11) is -3.54. The van der Waals surface area contributed by atoms with Crippen molar-refractivity contribution in [2.75, 3.05) is 50.7 Å². The van der Waals surface area contributed by atoms with E-state index in [0.717, 1.165) is 56.7 Å². The number of aryl methyl sites for hydroxylation is 1. The molecule has 8 heteroatoms. The fourth-order valence-corrected chi connectivity index (χ4v) is 5.98. The highest BCUT2D eigenvalue weighted by atomic mass is 32.2. The van der Waals surface area contributed by atoms with Gasteiger partial charge >= 0.3 is 0 Å². The molecule has 0 spiro atoms. The minimum Gasteiger partial charge on any atom is -0.314 e. The molecule has 1 N–H and O–H groups in total. The Morgan fingerprint density at radius 2 is 1.93 bits per heavy atom. The SMILES string of the molecule is CC(=O)N1CCCc2ccc(S(=O)(=O)N3CCC(N4CCNCC4)C3)cc21. The Morgan fingerprint density at radius 3 is 2.67 bits per heavy atom. The van der Waals surface area contributed by atoms with Crippen molar-refractivity contribution in [2.45, 2.75) is 37.1 Å². The quantitative estimate of drug-likeness (QED) is 0.818. The highest BCUT2D eigenvalue weighted by molar-refractivity contribution is 7.89. The van der Waals surface area contributed by atoms with Crippen LogP contribution in [0.4, 0.5) is 5.69 Å². The molecule has 1 atom stereocenters. The normalized spacial score (nSPS) is 24.8. The van der Waals surface area contributed by atoms with E-state index >= 15 is 0 Å². The number of anilines is 1. The van der Waals surface area contributed by atoms with E-state index in [-0.39, 0.29) is 5.91 Å². The highest BCUT2D eigenvalue weighted by Crippen LogP contribution is 2.32. The van der Waals surface area contributed by atoms with Gasteiger partial charge in [-0.2, -0.15) is 4.31 Å². The molecule has 7 nitrogen and oxygen atoms in total. The smallest absolute Gasteiger partial charge is 0.243 e. The van der Waals surface area contributed by atoms with Gasteiger partial charge in [-0.25, -0.2) is 8.42 Å². The zero-order valence-electron chi connectivity index (χ0n) is 15.9. The van der Waals surface area contributed by atoms with Crippen LogP contribution < -0.4 is 10.2 Å². The molecule has 0 saturated carbocycles. The average Bonchev–Trinajstić information content (AvgIpc) is 3.19. The number of hydrogen-bond acceptors (Lipinski definition) is 5. The second-order valence-electron chi connectivity index (χ2n) is 7.66. The van der Waals surface area contributed by atoms with E-state index in [2.05, 4.69) is 10.2 Å². The van der Waals surface area contributed by atoms with E-state index in [0.29, 0.717) is 30.6 Å². The van der Waals surface area contributed by atoms with Gasteiger partial charge in [0.1, 0.15) is 0 Å². The molecule has 0 radical (unpaired) electrons. The lowest BCUT2D eigenvalue weighted by Gasteiger charge is -2.32. The first-order valence-electron chi connectivity index (χ1n) is 9.83. The molecule has 2 fully saturated rings. The van der Waals surface area contributed by atoms with Gasteiger partial charge in [-0.05, 0) is 37.0 Å². The van der Waals surface area contributed by atoms with Crippen LogP contribution in [0.15, 0.2) is 23.1 Å². The van der Waals surface area contributed by atoms with Gasteiger partial charge in [-0.3, -0.25) is 9.69 Å². The molecule has 1 aromatic rings. The third kappa shape index (κ3) is 3.63. The molecular formula is C19H28N4O3S. The van der Waals surface area contributed by atoms with Gasteiger partial charge in [0.15, 0.2) is 0 Å². The summed E-state index contributed by atoms with van der Waals surface area (Å²) >= 11 is 0. The molecule has 148 valence electrons. The summed E-state index contributed by atoms with van der Waals surface area (Å²) < 4.78 is 28.0. The van der Waals surface area contributed by atoms with Gasteiger partial charge in [0, 0.05) is 64.5 Å². The Labute approximate surface area is 161 Å². The third-order valence-electron chi connectivity index (χ3n) is 5.99. The summed E-state index contributed by atoms with van der Waals surface area (Å²) in [6, 6.07) is 5.58. The topological polar surface area (TPSA) is 73.0 Å². The molecule has 2 saturated heterocycles. The van der Waals surface area contributed by atoms with Crippen LogP contribution in [0.3, 0.4) is 0 Å². The van der Waals surface area contributed by atoms with Crippen LogP contribution in [0.2, 0.25) is 0 Å². The summed E-state index contributed by atoms with van der Waals surface area (Å²) in [5, 5.41) is 3.34. The molecule has 3 heterocycles. The molecule has 1 amide bonds. The average molecular weight is 393 g/mol. The van der Waals surface area contributed by atoms with Crippen molar-refractivity contribution in [3.05, 3.63) is 23.8 Å². The molecule has 1 aromatic carbocycles. The predicted octanol–water partition coefficient (Wildman–Crippen LogP) is 0.654. The fraction of sp³-hybridized carbons (Fsp3) is 0.632. The summed E-state index contributed by atoms with van der Waals surface area (Å²) in [6.07, 6.45) is 2.68. The van der Waals surface area contributed by atoms with Gasteiger partial charge in [0.2, 0.25) is 15.9 Å². The lowest BCUT2D eigenvalue weighted by atomic mass is 10.0. The van der Waals surface area contributed by atoms with Gasteiger partial charge in [0.25, 0.3) is 0 Å². The van der Waals surface area contributed by atoms with E-state index in [1.165, 1.54) is 6.92 Å². The Morgan fingerprint density at radius 1 is 1.15 bits per heavy atom. The van der Waals surface area contributed by atoms with Gasteiger partial charge in [-0.15, -0.1) is 0 Å². The molecule has 0 bridgehead atoms. The number of hydrogen-bond donors (Lipinski definition) is 1. The number of benzene rings is 1. The van der Waals surface area contributed by atoms with Crippen LogP contribution in [-0.2, 0) is 21.2 Å². The highest BCUT2D eigenvalue weighted by Gasteiger charge is 2.36. The van der Waals surface area contributed by atoms with E-state index in [9.17, 15) is 13.2 Å². The monoisotopic (exact) mass is 392 g/mol. The lowest BCUT2D eigenvalue weighted by molar-refractivity contribution is -0.116. The standard InChI is InChI=1S/C19H28N4O3S/c1-15(24)23-9-2-3-16-4-5-18(13-19(16)23)27(25,26)22-10-6-17(14-22)21-11-7-20-8-12-21/h4-5,13,17,20H,2-3,6-12,14H2,1H3. The summed E-state index contributed by atoms with van der Waals surface area (Å²) in [6.45, 7) is 7.19.